The summed E-state index contributed by atoms with van der Waals surface area (Å²) in [6.07, 6.45) is 4.39. The Labute approximate surface area is 168 Å². The zero-order valence-electron chi connectivity index (χ0n) is 16.3. The minimum Gasteiger partial charge on any atom is -0.497 e. The SMILES string of the molecule is COC1=C[C@]2(c3cc(N)ccc3F)N=C(N(C(=O)O)C(C)(C)C)SC[C@@H]2C=C1. The molecule has 2 atom stereocenters. The maximum atomic E-state index is 14.9. The van der Waals surface area contributed by atoms with E-state index in [2.05, 4.69) is 0 Å². The number of nitrogens with zero attached hydrogens (tertiary/aromatic N) is 2. The first kappa shape index (κ1) is 20.3. The zero-order valence-corrected chi connectivity index (χ0v) is 17.1. The van der Waals surface area contributed by atoms with E-state index in [4.69, 9.17) is 15.5 Å². The smallest absolute Gasteiger partial charge is 0.413 e. The largest absolute Gasteiger partial charge is 0.497 e. The van der Waals surface area contributed by atoms with Crippen LogP contribution in [0.25, 0.3) is 0 Å². The number of thioether (sulfide) groups is 1. The molecule has 2 aliphatic rings. The molecule has 3 N–H and O–H groups in total. The Morgan fingerprint density at radius 3 is 2.79 bits per heavy atom. The molecule has 1 amide bonds. The summed E-state index contributed by atoms with van der Waals surface area (Å²) in [5.74, 6) is 0.448. The van der Waals surface area contributed by atoms with Crippen molar-refractivity contribution in [3.63, 3.8) is 0 Å². The average Bonchev–Trinajstić information content (AvgIpc) is 2.61. The van der Waals surface area contributed by atoms with Crippen LogP contribution >= 0.6 is 11.8 Å². The fourth-order valence-corrected chi connectivity index (χ4v) is 4.86. The van der Waals surface area contributed by atoms with Crippen molar-refractivity contribution in [2.75, 3.05) is 18.6 Å². The van der Waals surface area contributed by atoms with Crippen molar-refractivity contribution < 1.29 is 19.0 Å². The molecule has 150 valence electrons. The average molecular weight is 405 g/mol. The first-order valence-electron chi connectivity index (χ1n) is 8.85. The minimum absolute atomic E-state index is 0.174. The number of carbonyl (C=O) groups is 1. The highest BCUT2D eigenvalue weighted by molar-refractivity contribution is 8.13. The number of ether oxygens (including phenoxy) is 1. The van der Waals surface area contributed by atoms with Gasteiger partial charge in [-0.25, -0.2) is 14.2 Å². The van der Waals surface area contributed by atoms with Gasteiger partial charge in [0.1, 0.15) is 17.1 Å². The highest BCUT2D eigenvalue weighted by Gasteiger charge is 2.47. The van der Waals surface area contributed by atoms with Gasteiger partial charge in [0, 0.05) is 28.5 Å². The van der Waals surface area contributed by atoms with Crippen LogP contribution in [0, 0.1) is 11.7 Å². The van der Waals surface area contributed by atoms with Gasteiger partial charge in [0.2, 0.25) is 0 Å². The first-order chi connectivity index (χ1) is 13.1. The summed E-state index contributed by atoms with van der Waals surface area (Å²) in [5, 5.41) is 10.1. The van der Waals surface area contributed by atoms with Crippen molar-refractivity contribution in [2.45, 2.75) is 31.8 Å². The fourth-order valence-electron chi connectivity index (χ4n) is 3.47. The number of methoxy groups -OCH3 is 1. The third kappa shape index (κ3) is 3.48. The van der Waals surface area contributed by atoms with Crippen molar-refractivity contribution in [2.24, 2.45) is 10.9 Å². The normalized spacial score (nSPS) is 24.1. The molecule has 0 bridgehead atoms. The van der Waals surface area contributed by atoms with Gasteiger partial charge in [0.05, 0.1) is 7.11 Å². The van der Waals surface area contributed by atoms with Crippen LogP contribution in [-0.4, -0.2) is 39.7 Å². The number of nitrogen functional groups attached to an aromatic ring is 1. The number of allylic oxidation sites excluding steroid dienone is 1. The van der Waals surface area contributed by atoms with E-state index >= 15 is 0 Å². The van der Waals surface area contributed by atoms with Crippen LogP contribution in [0.5, 0.6) is 0 Å². The second-order valence-electron chi connectivity index (χ2n) is 7.78. The fraction of sp³-hybridized carbons (Fsp3) is 0.400. The number of benzene rings is 1. The Morgan fingerprint density at radius 1 is 1.46 bits per heavy atom. The molecule has 3 rings (SSSR count). The summed E-state index contributed by atoms with van der Waals surface area (Å²) in [7, 11) is 1.53. The molecule has 1 aliphatic carbocycles. The molecule has 0 saturated heterocycles. The number of rotatable bonds is 2. The molecule has 1 aliphatic heterocycles. The van der Waals surface area contributed by atoms with Gasteiger partial charge in [-0.15, -0.1) is 0 Å². The molecule has 0 unspecified atom stereocenters. The van der Waals surface area contributed by atoms with Crippen LogP contribution in [0.15, 0.2) is 47.2 Å². The van der Waals surface area contributed by atoms with E-state index < -0.39 is 23.0 Å². The van der Waals surface area contributed by atoms with Crippen molar-refractivity contribution in [1.82, 2.24) is 4.90 Å². The number of nitrogens with two attached hydrogens (primary N) is 1. The van der Waals surface area contributed by atoms with Gasteiger partial charge >= 0.3 is 6.09 Å². The molecule has 0 saturated carbocycles. The highest BCUT2D eigenvalue weighted by Crippen LogP contribution is 2.47. The van der Waals surface area contributed by atoms with E-state index in [9.17, 15) is 14.3 Å². The zero-order chi connectivity index (χ0) is 20.7. The number of anilines is 1. The van der Waals surface area contributed by atoms with Crippen molar-refractivity contribution in [3.05, 3.63) is 53.6 Å². The van der Waals surface area contributed by atoms with Crippen molar-refractivity contribution >= 4 is 28.7 Å². The van der Waals surface area contributed by atoms with Crippen molar-refractivity contribution in [1.29, 1.82) is 0 Å². The Hall–Kier alpha value is -2.48. The lowest BCUT2D eigenvalue weighted by Crippen LogP contribution is -2.51. The number of aliphatic imine (C=N–C) groups is 1. The second-order valence-corrected chi connectivity index (χ2v) is 8.76. The Balaban J connectivity index is 2.27. The minimum atomic E-state index is -1.14. The van der Waals surface area contributed by atoms with E-state index in [1.165, 1.54) is 35.9 Å². The van der Waals surface area contributed by atoms with Gasteiger partial charge in [-0.3, -0.25) is 4.90 Å². The maximum Gasteiger partial charge on any atom is 0.413 e. The first-order valence-corrected chi connectivity index (χ1v) is 9.83. The molecule has 1 aromatic carbocycles. The van der Waals surface area contributed by atoms with Gasteiger partial charge in [0.25, 0.3) is 0 Å². The molecule has 0 radical (unpaired) electrons. The van der Waals surface area contributed by atoms with Gasteiger partial charge in [-0.05, 0) is 51.1 Å². The van der Waals surface area contributed by atoms with E-state index in [-0.39, 0.29) is 5.92 Å². The molecular formula is C20H24FN3O3S. The van der Waals surface area contributed by atoms with E-state index in [1.807, 2.05) is 12.2 Å². The number of hydrogen-bond acceptors (Lipinski definition) is 5. The third-order valence-electron chi connectivity index (χ3n) is 4.80. The van der Waals surface area contributed by atoms with Crippen LogP contribution in [0.1, 0.15) is 26.3 Å². The Morgan fingerprint density at radius 2 is 2.18 bits per heavy atom. The lowest BCUT2D eigenvalue weighted by atomic mass is 9.75. The predicted octanol–water partition coefficient (Wildman–Crippen LogP) is 4.20. The van der Waals surface area contributed by atoms with E-state index in [0.717, 1.165) is 0 Å². The molecule has 6 nitrogen and oxygen atoms in total. The maximum absolute atomic E-state index is 14.9. The molecule has 8 heteroatoms. The lowest BCUT2D eigenvalue weighted by molar-refractivity contribution is 0.141. The van der Waals surface area contributed by atoms with Gasteiger partial charge in [0.15, 0.2) is 5.17 Å². The third-order valence-corrected chi connectivity index (χ3v) is 5.86. The number of fused-ring (bicyclic) bond motifs is 1. The molecule has 28 heavy (non-hydrogen) atoms. The number of amidine groups is 1. The van der Waals surface area contributed by atoms with Crippen LogP contribution in [0.3, 0.4) is 0 Å². The number of hydrogen-bond donors (Lipinski definition) is 2. The van der Waals surface area contributed by atoms with Gasteiger partial charge in [-0.1, -0.05) is 17.8 Å². The number of halogens is 1. The van der Waals surface area contributed by atoms with Crippen LogP contribution in [-0.2, 0) is 10.3 Å². The summed E-state index contributed by atoms with van der Waals surface area (Å²) in [6, 6.07) is 4.36. The van der Waals surface area contributed by atoms with Crippen LogP contribution in [0.4, 0.5) is 14.9 Å². The number of amides is 1. The summed E-state index contributed by atoms with van der Waals surface area (Å²) in [6.45, 7) is 5.38. The van der Waals surface area contributed by atoms with Gasteiger partial charge < -0.3 is 15.6 Å². The topological polar surface area (TPSA) is 88.2 Å². The van der Waals surface area contributed by atoms with Crippen molar-refractivity contribution in [3.8, 4) is 0 Å². The van der Waals surface area contributed by atoms with Crippen LogP contribution < -0.4 is 5.73 Å². The van der Waals surface area contributed by atoms with Gasteiger partial charge in [-0.2, -0.15) is 0 Å². The summed E-state index contributed by atoms with van der Waals surface area (Å²) < 4.78 is 20.3. The molecule has 0 fully saturated rings. The predicted molar refractivity (Wildman–Crippen MR) is 110 cm³/mol. The molecule has 0 spiro atoms. The second kappa shape index (κ2) is 7.16. The molecule has 1 aromatic rings. The summed E-state index contributed by atoms with van der Waals surface area (Å²) in [5.41, 5.74) is 4.80. The Kier molecular flexibility index (Phi) is 5.18. The summed E-state index contributed by atoms with van der Waals surface area (Å²) >= 11 is 1.34. The standard InChI is InChI=1S/C20H24FN3O3S/c1-19(2,3)24(18(25)26)17-23-20(15-9-13(22)6-8-16(15)21)10-14(27-4)7-5-12(20)11-28-17/h5-10,12H,11,22H2,1-4H3,(H,25,26)/t12-,20-/m0/s1. The van der Waals surface area contributed by atoms with E-state index in [1.54, 1.807) is 32.9 Å². The highest BCUT2D eigenvalue weighted by atomic mass is 32.2. The molecule has 1 heterocycles. The monoisotopic (exact) mass is 405 g/mol. The summed E-state index contributed by atoms with van der Waals surface area (Å²) in [4.78, 5) is 18.0. The number of carboxylic acid groups (broad SMARTS) is 1. The quantitative estimate of drug-likeness (QED) is 0.720. The lowest BCUT2D eigenvalue weighted by Gasteiger charge is -2.43. The molecule has 0 aromatic heterocycles. The Bertz CT molecular complexity index is 891. The van der Waals surface area contributed by atoms with E-state index in [0.29, 0.717) is 27.9 Å². The molecular weight excluding hydrogens is 381 g/mol. The van der Waals surface area contributed by atoms with Crippen LogP contribution in [0.2, 0.25) is 0 Å².